The molecule has 124 valence electrons. The molecule has 1 saturated heterocycles. The summed E-state index contributed by atoms with van der Waals surface area (Å²) < 4.78 is 0. The second-order valence-corrected chi connectivity index (χ2v) is 8.37. The van der Waals surface area contributed by atoms with Crippen molar-refractivity contribution in [2.24, 2.45) is 17.8 Å². The molecule has 4 bridgehead atoms. The van der Waals surface area contributed by atoms with E-state index in [2.05, 4.69) is 15.5 Å². The van der Waals surface area contributed by atoms with Crippen LogP contribution in [0.2, 0.25) is 0 Å². The first-order valence-electron chi connectivity index (χ1n) is 9.12. The third-order valence-electron chi connectivity index (χ3n) is 6.62. The van der Waals surface area contributed by atoms with Crippen LogP contribution in [0.3, 0.4) is 0 Å². The number of carbonyl (C=O) groups is 1. The molecule has 6 nitrogen and oxygen atoms in total. The maximum Gasteiger partial charge on any atom is 0.317 e. The van der Waals surface area contributed by atoms with Gasteiger partial charge in [-0.2, -0.15) is 15.0 Å². The molecule has 5 fully saturated rings. The Morgan fingerprint density at radius 1 is 1.04 bits per heavy atom. The molecule has 4 aliphatic carbocycles. The summed E-state index contributed by atoms with van der Waals surface area (Å²) in [6, 6.07) is 0.369. The Labute approximate surface area is 136 Å². The molecular weight excluding hydrogens is 290 g/mol. The molecule has 1 aromatic rings. The predicted molar refractivity (Wildman–Crippen MR) is 84.7 cm³/mol. The second-order valence-electron chi connectivity index (χ2n) is 8.37. The van der Waals surface area contributed by atoms with Crippen LogP contribution >= 0.6 is 0 Å². The van der Waals surface area contributed by atoms with E-state index in [1.54, 1.807) is 17.2 Å². The number of aromatic nitrogens is 3. The van der Waals surface area contributed by atoms with Crippen molar-refractivity contribution in [3.8, 4) is 0 Å². The summed E-state index contributed by atoms with van der Waals surface area (Å²) in [6.45, 7) is 1.54. The average molecular weight is 315 g/mol. The number of likely N-dealkylation sites (tertiary alicyclic amines) is 1. The van der Waals surface area contributed by atoms with Gasteiger partial charge in [0.25, 0.3) is 0 Å². The van der Waals surface area contributed by atoms with Crippen LogP contribution in [0.15, 0.2) is 12.4 Å². The highest BCUT2D eigenvalue weighted by molar-refractivity contribution is 5.75. The zero-order valence-electron chi connectivity index (χ0n) is 13.5. The summed E-state index contributed by atoms with van der Waals surface area (Å²) in [5.74, 6) is 2.59. The Kier molecular flexibility index (Phi) is 2.97. The Morgan fingerprint density at radius 3 is 2.26 bits per heavy atom. The molecule has 1 aromatic heterocycles. The number of nitrogens with zero attached hydrogens (tertiary/aromatic N) is 4. The Morgan fingerprint density at radius 2 is 1.65 bits per heavy atom. The maximum absolute atomic E-state index is 12.8. The van der Waals surface area contributed by atoms with Gasteiger partial charge < -0.3 is 10.2 Å². The highest BCUT2D eigenvalue weighted by Crippen LogP contribution is 2.55. The highest BCUT2D eigenvalue weighted by Gasteiger charge is 2.52. The van der Waals surface area contributed by atoms with E-state index >= 15 is 0 Å². The first kappa shape index (κ1) is 13.8. The van der Waals surface area contributed by atoms with E-state index in [0.29, 0.717) is 0 Å². The van der Waals surface area contributed by atoms with Crippen LogP contribution in [0.25, 0.3) is 0 Å². The normalized spacial score (nSPS) is 41.5. The van der Waals surface area contributed by atoms with Crippen molar-refractivity contribution >= 4 is 6.03 Å². The van der Waals surface area contributed by atoms with Crippen molar-refractivity contribution in [3.05, 3.63) is 12.4 Å². The fourth-order valence-electron chi connectivity index (χ4n) is 6.10. The topological polar surface area (TPSA) is 63.1 Å². The molecule has 0 aromatic carbocycles. The molecule has 4 saturated carbocycles. The number of rotatable bonds is 2. The SMILES string of the molecule is O=C(NC12CC3CC(CC(C3)C1)C2)N1CCC(n2nccn2)C1. The summed E-state index contributed by atoms with van der Waals surface area (Å²) in [7, 11) is 0. The summed E-state index contributed by atoms with van der Waals surface area (Å²) in [6.07, 6.45) is 12.2. The van der Waals surface area contributed by atoms with E-state index < -0.39 is 0 Å². The minimum atomic E-state index is 0.105. The number of carbonyl (C=O) groups excluding carboxylic acids is 1. The van der Waals surface area contributed by atoms with Crippen molar-refractivity contribution < 1.29 is 4.79 Å². The van der Waals surface area contributed by atoms with Gasteiger partial charge in [0.15, 0.2) is 0 Å². The van der Waals surface area contributed by atoms with E-state index in [4.69, 9.17) is 0 Å². The van der Waals surface area contributed by atoms with Crippen molar-refractivity contribution in [1.29, 1.82) is 0 Å². The Balaban J connectivity index is 1.26. The number of hydrogen-bond acceptors (Lipinski definition) is 3. The van der Waals surface area contributed by atoms with Crippen molar-refractivity contribution in [2.45, 2.75) is 56.5 Å². The lowest BCUT2D eigenvalue weighted by atomic mass is 9.53. The van der Waals surface area contributed by atoms with Gasteiger partial charge in [-0.25, -0.2) is 4.79 Å². The predicted octanol–water partition coefficient (Wildman–Crippen LogP) is 2.20. The van der Waals surface area contributed by atoms with Crippen molar-refractivity contribution in [1.82, 2.24) is 25.2 Å². The summed E-state index contributed by atoms with van der Waals surface area (Å²) in [5.41, 5.74) is 0.105. The van der Waals surface area contributed by atoms with E-state index in [9.17, 15) is 4.79 Å². The molecule has 1 aliphatic heterocycles. The third kappa shape index (κ3) is 2.34. The van der Waals surface area contributed by atoms with Gasteiger partial charge in [-0.15, -0.1) is 0 Å². The first-order valence-corrected chi connectivity index (χ1v) is 9.12. The van der Waals surface area contributed by atoms with E-state index in [1.807, 2.05) is 4.90 Å². The molecule has 0 spiro atoms. The smallest absolute Gasteiger partial charge is 0.317 e. The molecule has 6 heteroatoms. The highest BCUT2D eigenvalue weighted by atomic mass is 16.2. The Bertz CT molecular complexity index is 563. The number of urea groups is 1. The molecule has 1 N–H and O–H groups in total. The van der Waals surface area contributed by atoms with Crippen LogP contribution in [0.1, 0.15) is 51.0 Å². The minimum Gasteiger partial charge on any atom is -0.333 e. The quantitative estimate of drug-likeness (QED) is 0.910. The van der Waals surface area contributed by atoms with E-state index in [-0.39, 0.29) is 17.6 Å². The Hall–Kier alpha value is -1.59. The minimum absolute atomic E-state index is 0.105. The monoisotopic (exact) mass is 315 g/mol. The molecule has 1 atom stereocenters. The number of nitrogens with one attached hydrogen (secondary N) is 1. The van der Waals surface area contributed by atoms with Crippen LogP contribution in [0.4, 0.5) is 4.79 Å². The lowest BCUT2D eigenvalue weighted by Crippen LogP contribution is -2.61. The standard InChI is InChI=1S/C17H25N5O/c23-16(21-4-1-15(11-21)22-18-2-3-19-22)20-17-8-12-5-13(9-17)7-14(6-12)10-17/h2-3,12-15H,1,4-11H2,(H,20,23). The largest absolute Gasteiger partial charge is 0.333 e. The first-order chi connectivity index (χ1) is 11.2. The van der Waals surface area contributed by atoms with Crippen LogP contribution in [0, 0.1) is 17.8 Å². The van der Waals surface area contributed by atoms with Gasteiger partial charge in [-0.05, 0) is 62.7 Å². The van der Waals surface area contributed by atoms with Crippen LogP contribution < -0.4 is 5.32 Å². The lowest BCUT2D eigenvalue weighted by molar-refractivity contribution is -0.0153. The third-order valence-corrected chi connectivity index (χ3v) is 6.62. The molecule has 6 rings (SSSR count). The fraction of sp³-hybridized carbons (Fsp3) is 0.824. The van der Waals surface area contributed by atoms with Crippen molar-refractivity contribution in [3.63, 3.8) is 0 Å². The van der Waals surface area contributed by atoms with Gasteiger partial charge in [0, 0.05) is 18.6 Å². The lowest BCUT2D eigenvalue weighted by Gasteiger charge is -2.57. The zero-order chi connectivity index (χ0) is 15.4. The maximum atomic E-state index is 12.8. The van der Waals surface area contributed by atoms with Gasteiger partial charge in [-0.3, -0.25) is 0 Å². The van der Waals surface area contributed by atoms with E-state index in [1.165, 1.54) is 38.5 Å². The molecule has 2 amide bonds. The van der Waals surface area contributed by atoms with Gasteiger partial charge in [0.2, 0.25) is 0 Å². The van der Waals surface area contributed by atoms with Gasteiger partial charge in [0.1, 0.15) is 0 Å². The van der Waals surface area contributed by atoms with E-state index in [0.717, 1.165) is 37.3 Å². The average Bonchev–Trinajstić information content (AvgIpc) is 3.17. The molecule has 0 radical (unpaired) electrons. The van der Waals surface area contributed by atoms with Gasteiger partial charge in [0.05, 0.1) is 18.4 Å². The summed E-state index contributed by atoms with van der Waals surface area (Å²) >= 11 is 0. The molecule has 1 unspecified atom stereocenters. The van der Waals surface area contributed by atoms with Crippen molar-refractivity contribution in [2.75, 3.05) is 13.1 Å². The molecular formula is C17H25N5O. The molecule has 2 heterocycles. The summed E-state index contributed by atoms with van der Waals surface area (Å²) in [4.78, 5) is 16.5. The van der Waals surface area contributed by atoms with Crippen LogP contribution in [-0.2, 0) is 0 Å². The van der Waals surface area contributed by atoms with Crippen LogP contribution in [0.5, 0.6) is 0 Å². The number of hydrogen-bond donors (Lipinski definition) is 1. The molecule has 5 aliphatic rings. The fourth-order valence-corrected chi connectivity index (χ4v) is 6.10. The van der Waals surface area contributed by atoms with Gasteiger partial charge >= 0.3 is 6.03 Å². The summed E-state index contributed by atoms with van der Waals surface area (Å²) in [5, 5.41) is 11.9. The zero-order valence-corrected chi connectivity index (χ0v) is 13.5. The number of amides is 2. The van der Waals surface area contributed by atoms with Gasteiger partial charge in [-0.1, -0.05) is 0 Å². The molecule has 23 heavy (non-hydrogen) atoms. The van der Waals surface area contributed by atoms with Crippen LogP contribution in [-0.4, -0.2) is 44.6 Å². The second kappa shape index (κ2) is 4.95.